The van der Waals surface area contributed by atoms with Gasteiger partial charge in [0, 0.05) is 11.3 Å². The summed E-state index contributed by atoms with van der Waals surface area (Å²) in [5.41, 5.74) is 3.99. The van der Waals surface area contributed by atoms with E-state index in [2.05, 4.69) is 22.4 Å². The molecule has 0 bridgehead atoms. The molecule has 166 valence electrons. The Hall–Kier alpha value is -2.65. The maximum Gasteiger partial charge on any atom is 0.234 e. The standard InChI is InChI=1S/C23H25N5O2S2/c1-4-18-25-22-20(14-7-5-6-8-17(14)32-22)21-26-27-23(28(18)21)31-12-19(29)24-15-11-13(2)9-10-16(15)30-3/h9-11H,4-8,12H2,1-3H3,(H,24,29). The smallest absolute Gasteiger partial charge is 0.234 e. The van der Waals surface area contributed by atoms with Crippen LogP contribution in [0.5, 0.6) is 5.75 Å². The number of anilines is 1. The normalized spacial score (nSPS) is 13.5. The number of methoxy groups -OCH3 is 1. The maximum atomic E-state index is 12.7. The molecule has 1 N–H and O–H groups in total. The van der Waals surface area contributed by atoms with Crippen LogP contribution in [0.3, 0.4) is 0 Å². The van der Waals surface area contributed by atoms with Crippen molar-refractivity contribution in [3.05, 3.63) is 40.0 Å². The second kappa shape index (κ2) is 8.71. The Morgan fingerprint density at radius 2 is 2.12 bits per heavy atom. The van der Waals surface area contributed by atoms with E-state index in [1.807, 2.05) is 29.5 Å². The molecule has 3 aromatic heterocycles. The van der Waals surface area contributed by atoms with E-state index in [1.165, 1.54) is 35.0 Å². The first-order chi connectivity index (χ1) is 15.6. The third-order valence-electron chi connectivity index (χ3n) is 5.78. The van der Waals surface area contributed by atoms with Crippen LogP contribution in [0.25, 0.3) is 15.9 Å². The lowest BCUT2D eigenvalue weighted by molar-refractivity contribution is -0.113. The fourth-order valence-corrected chi connectivity index (χ4v) is 6.29. The van der Waals surface area contributed by atoms with Gasteiger partial charge in [0.2, 0.25) is 5.91 Å². The van der Waals surface area contributed by atoms with Crippen LogP contribution in [-0.4, -0.2) is 38.4 Å². The van der Waals surface area contributed by atoms with Crippen LogP contribution in [0.1, 0.15) is 41.6 Å². The molecule has 1 aliphatic carbocycles. The summed E-state index contributed by atoms with van der Waals surface area (Å²) in [7, 11) is 1.60. The van der Waals surface area contributed by atoms with E-state index in [0.29, 0.717) is 16.6 Å². The third-order valence-corrected chi connectivity index (χ3v) is 7.89. The van der Waals surface area contributed by atoms with Gasteiger partial charge >= 0.3 is 0 Å². The molecule has 0 atom stereocenters. The van der Waals surface area contributed by atoms with Crippen molar-refractivity contribution in [2.75, 3.05) is 18.2 Å². The second-order valence-electron chi connectivity index (χ2n) is 7.95. The van der Waals surface area contributed by atoms with Crippen LogP contribution in [0.2, 0.25) is 0 Å². The van der Waals surface area contributed by atoms with Crippen LogP contribution in [0.4, 0.5) is 5.69 Å². The monoisotopic (exact) mass is 467 g/mol. The number of thiophene rings is 1. The maximum absolute atomic E-state index is 12.7. The quantitative estimate of drug-likeness (QED) is 0.409. The molecule has 3 heterocycles. The van der Waals surface area contributed by atoms with Crippen LogP contribution < -0.4 is 10.1 Å². The fourth-order valence-electron chi connectivity index (χ4n) is 4.26. The number of aromatic nitrogens is 4. The highest BCUT2D eigenvalue weighted by atomic mass is 32.2. The molecular weight excluding hydrogens is 442 g/mol. The van der Waals surface area contributed by atoms with Gasteiger partial charge in [-0.05, 0) is 55.9 Å². The van der Waals surface area contributed by atoms with Gasteiger partial charge in [0.1, 0.15) is 16.4 Å². The highest BCUT2D eigenvalue weighted by Crippen LogP contribution is 2.38. The predicted octanol–water partition coefficient (Wildman–Crippen LogP) is 4.83. The molecular formula is C23H25N5O2S2. The molecule has 7 nitrogen and oxygen atoms in total. The fraction of sp³-hybridized carbons (Fsp3) is 0.391. The van der Waals surface area contributed by atoms with Crippen molar-refractivity contribution in [1.82, 2.24) is 19.6 Å². The van der Waals surface area contributed by atoms with E-state index in [9.17, 15) is 4.79 Å². The van der Waals surface area contributed by atoms with Crippen molar-refractivity contribution in [3.63, 3.8) is 0 Å². The number of fused-ring (bicyclic) bond motifs is 5. The number of thioether (sulfide) groups is 1. The Bertz CT molecular complexity index is 1330. The number of ether oxygens (including phenoxy) is 1. The predicted molar refractivity (Wildman–Crippen MR) is 129 cm³/mol. The average Bonchev–Trinajstić information content (AvgIpc) is 3.38. The Balaban J connectivity index is 1.44. The van der Waals surface area contributed by atoms with Crippen LogP contribution in [0.15, 0.2) is 23.4 Å². The zero-order chi connectivity index (χ0) is 22.2. The van der Waals surface area contributed by atoms with E-state index in [0.717, 1.165) is 46.5 Å². The van der Waals surface area contributed by atoms with Crippen LogP contribution in [-0.2, 0) is 24.1 Å². The van der Waals surface area contributed by atoms with E-state index >= 15 is 0 Å². The first kappa shape index (κ1) is 21.2. The number of aryl methyl sites for hydroxylation is 4. The minimum absolute atomic E-state index is 0.115. The average molecular weight is 468 g/mol. The first-order valence-electron chi connectivity index (χ1n) is 10.8. The van der Waals surface area contributed by atoms with Crippen molar-refractivity contribution in [2.24, 2.45) is 0 Å². The summed E-state index contributed by atoms with van der Waals surface area (Å²) >= 11 is 3.18. The van der Waals surface area contributed by atoms with Gasteiger partial charge in [-0.3, -0.25) is 9.20 Å². The number of nitrogens with zero attached hydrogens (tertiary/aromatic N) is 4. The summed E-state index contributed by atoms with van der Waals surface area (Å²) in [6.45, 7) is 4.07. The zero-order valence-corrected chi connectivity index (χ0v) is 20.0. The number of nitrogens with one attached hydrogen (secondary N) is 1. The molecule has 0 saturated carbocycles. The van der Waals surface area contributed by atoms with Gasteiger partial charge < -0.3 is 10.1 Å². The summed E-state index contributed by atoms with van der Waals surface area (Å²) in [4.78, 5) is 20.1. The summed E-state index contributed by atoms with van der Waals surface area (Å²) in [6.07, 6.45) is 5.42. The molecule has 0 aliphatic heterocycles. The number of hydrogen-bond donors (Lipinski definition) is 1. The molecule has 0 unspecified atom stereocenters. The highest BCUT2D eigenvalue weighted by molar-refractivity contribution is 7.99. The lowest BCUT2D eigenvalue weighted by Crippen LogP contribution is -2.15. The highest BCUT2D eigenvalue weighted by Gasteiger charge is 2.23. The van der Waals surface area contributed by atoms with Crippen molar-refractivity contribution >= 4 is 50.6 Å². The van der Waals surface area contributed by atoms with E-state index in [1.54, 1.807) is 18.4 Å². The van der Waals surface area contributed by atoms with E-state index < -0.39 is 0 Å². The number of carbonyl (C=O) groups is 1. The van der Waals surface area contributed by atoms with E-state index in [-0.39, 0.29) is 11.7 Å². The van der Waals surface area contributed by atoms with Gasteiger partial charge in [-0.15, -0.1) is 21.5 Å². The Morgan fingerprint density at radius 3 is 2.94 bits per heavy atom. The third kappa shape index (κ3) is 3.73. The molecule has 4 aromatic rings. The Kier molecular flexibility index (Phi) is 5.77. The molecule has 0 radical (unpaired) electrons. The summed E-state index contributed by atoms with van der Waals surface area (Å²) in [5.74, 6) is 1.68. The minimum atomic E-state index is -0.115. The molecule has 0 spiro atoms. The first-order valence-corrected chi connectivity index (χ1v) is 12.6. The molecule has 5 rings (SSSR count). The number of amides is 1. The van der Waals surface area contributed by atoms with E-state index in [4.69, 9.17) is 9.72 Å². The van der Waals surface area contributed by atoms with Gasteiger partial charge in [0.15, 0.2) is 10.8 Å². The second-order valence-corrected chi connectivity index (χ2v) is 9.98. The van der Waals surface area contributed by atoms with Crippen molar-refractivity contribution in [2.45, 2.75) is 51.1 Å². The number of hydrogen-bond acceptors (Lipinski definition) is 7. The Morgan fingerprint density at radius 1 is 1.28 bits per heavy atom. The molecule has 32 heavy (non-hydrogen) atoms. The Labute approximate surface area is 194 Å². The topological polar surface area (TPSA) is 81.4 Å². The SMILES string of the molecule is CCc1nc2sc3c(c2c2nnc(SCC(=O)Nc4cc(C)ccc4OC)n12)CCCC3. The van der Waals surface area contributed by atoms with Gasteiger partial charge in [-0.2, -0.15) is 0 Å². The largest absolute Gasteiger partial charge is 0.495 e. The number of carbonyl (C=O) groups excluding carboxylic acids is 1. The number of rotatable bonds is 6. The van der Waals surface area contributed by atoms with Gasteiger partial charge in [-0.1, -0.05) is 24.8 Å². The lowest BCUT2D eigenvalue weighted by Gasteiger charge is -2.11. The molecule has 9 heteroatoms. The van der Waals surface area contributed by atoms with Gasteiger partial charge in [0.25, 0.3) is 0 Å². The summed E-state index contributed by atoms with van der Waals surface area (Å²) < 4.78 is 7.40. The molecule has 1 aliphatic rings. The summed E-state index contributed by atoms with van der Waals surface area (Å²) in [5, 5.41) is 13.8. The van der Waals surface area contributed by atoms with Crippen molar-refractivity contribution in [1.29, 1.82) is 0 Å². The molecule has 1 amide bonds. The molecule has 1 aromatic carbocycles. The van der Waals surface area contributed by atoms with Gasteiger partial charge in [0.05, 0.1) is 23.9 Å². The van der Waals surface area contributed by atoms with Crippen LogP contribution in [0, 0.1) is 6.92 Å². The van der Waals surface area contributed by atoms with Crippen molar-refractivity contribution < 1.29 is 9.53 Å². The molecule has 0 saturated heterocycles. The van der Waals surface area contributed by atoms with Crippen LogP contribution >= 0.6 is 23.1 Å². The molecule has 0 fully saturated rings. The minimum Gasteiger partial charge on any atom is -0.495 e. The van der Waals surface area contributed by atoms with Gasteiger partial charge in [-0.25, -0.2) is 4.98 Å². The lowest BCUT2D eigenvalue weighted by atomic mass is 9.97. The number of benzene rings is 1. The summed E-state index contributed by atoms with van der Waals surface area (Å²) in [6, 6.07) is 5.72. The zero-order valence-electron chi connectivity index (χ0n) is 18.4. The van der Waals surface area contributed by atoms with Crippen molar-refractivity contribution in [3.8, 4) is 5.75 Å².